The summed E-state index contributed by atoms with van der Waals surface area (Å²) in [5, 5.41) is 1.74. The highest BCUT2D eigenvalue weighted by molar-refractivity contribution is 7.63. The van der Waals surface area contributed by atoms with Crippen LogP contribution in [0, 0.1) is 13.8 Å². The van der Waals surface area contributed by atoms with Gasteiger partial charge in [0, 0.05) is 29.0 Å². The molecule has 0 aliphatic carbocycles. The Morgan fingerprint density at radius 2 is 1.68 bits per heavy atom. The largest absolute Gasteiger partial charge is 0.253 e. The van der Waals surface area contributed by atoms with E-state index < -0.39 is 0 Å². The molecule has 1 aromatic carbocycles. The van der Waals surface area contributed by atoms with Crippen molar-refractivity contribution in [3.63, 3.8) is 0 Å². The number of nitrogens with zero attached hydrogens (tertiary/aromatic N) is 3. The van der Waals surface area contributed by atoms with E-state index in [1.165, 1.54) is 0 Å². The van der Waals surface area contributed by atoms with Gasteiger partial charge < -0.3 is 0 Å². The molecule has 2 aromatic heterocycles. The van der Waals surface area contributed by atoms with Gasteiger partial charge in [0.15, 0.2) is 0 Å². The fourth-order valence-corrected chi connectivity index (χ4v) is 3.18. The summed E-state index contributed by atoms with van der Waals surface area (Å²) in [6.45, 7) is 8.28. The summed E-state index contributed by atoms with van der Waals surface area (Å²) in [7, 11) is -0.272. The van der Waals surface area contributed by atoms with Crippen LogP contribution in [-0.2, 0) is 0 Å². The molecule has 112 valence electrons. The molecule has 0 fully saturated rings. The van der Waals surface area contributed by atoms with E-state index in [4.69, 9.17) is 11.6 Å². The number of halogens is 1. The molecular formula is C17H17ClN3P. The molecule has 0 radical (unpaired) electrons. The van der Waals surface area contributed by atoms with Crippen molar-refractivity contribution >= 4 is 36.0 Å². The smallest absolute Gasteiger partial charge is 0.149 e. The maximum atomic E-state index is 6.49. The van der Waals surface area contributed by atoms with Gasteiger partial charge in [0.05, 0.1) is 10.5 Å². The molecule has 22 heavy (non-hydrogen) atoms. The molecular weight excluding hydrogens is 313 g/mol. The minimum atomic E-state index is -0.272. The second kappa shape index (κ2) is 5.91. The van der Waals surface area contributed by atoms with Crippen molar-refractivity contribution in [2.75, 3.05) is 13.3 Å². The standard InChI is InChI=1S/C17H17ClN3P/c1-10-11(2)21-15-6-5-12(7-14(15)16(10)18)13-8-19-17(20-9-13)22(3)4/h5-9H,1-4H3. The molecule has 5 heteroatoms. The molecule has 0 atom stereocenters. The molecule has 0 unspecified atom stereocenters. The molecule has 3 nitrogen and oxygen atoms in total. The average molecular weight is 330 g/mol. The number of rotatable bonds is 2. The van der Waals surface area contributed by atoms with E-state index >= 15 is 0 Å². The van der Waals surface area contributed by atoms with Gasteiger partial charge >= 0.3 is 0 Å². The molecule has 2 heterocycles. The summed E-state index contributed by atoms with van der Waals surface area (Å²) in [4.78, 5) is 13.5. The van der Waals surface area contributed by atoms with Crippen molar-refractivity contribution in [1.29, 1.82) is 0 Å². The van der Waals surface area contributed by atoms with E-state index in [0.717, 1.165) is 43.9 Å². The van der Waals surface area contributed by atoms with Gasteiger partial charge in [-0.15, -0.1) is 0 Å². The van der Waals surface area contributed by atoms with Crippen LogP contribution in [-0.4, -0.2) is 28.3 Å². The van der Waals surface area contributed by atoms with E-state index in [-0.39, 0.29) is 7.92 Å². The van der Waals surface area contributed by atoms with Gasteiger partial charge in [0.2, 0.25) is 0 Å². The molecule has 0 aliphatic rings. The first-order valence-corrected chi connectivity index (χ1v) is 9.65. The molecule has 3 aromatic rings. The third-order valence-corrected chi connectivity index (χ3v) is 5.28. The van der Waals surface area contributed by atoms with Gasteiger partial charge in [0.25, 0.3) is 0 Å². The number of fused-ring (bicyclic) bond motifs is 1. The SMILES string of the molecule is Cc1nc2ccc(-c3cnc(P(C)C)nc3)cc2c(Cl)c1C. The fraction of sp³-hybridized carbons (Fsp3) is 0.235. The fourth-order valence-electron chi connectivity index (χ4n) is 2.32. The highest BCUT2D eigenvalue weighted by atomic mass is 35.5. The Hall–Kier alpha value is -1.57. The van der Waals surface area contributed by atoms with Crippen LogP contribution >= 0.6 is 19.5 Å². The molecule has 0 aliphatic heterocycles. The lowest BCUT2D eigenvalue weighted by Crippen LogP contribution is -2.09. The van der Waals surface area contributed by atoms with Crippen molar-refractivity contribution in [2.45, 2.75) is 13.8 Å². The minimum absolute atomic E-state index is 0.272. The summed E-state index contributed by atoms with van der Waals surface area (Å²) >= 11 is 6.49. The summed E-state index contributed by atoms with van der Waals surface area (Å²) in [6.07, 6.45) is 3.77. The number of benzene rings is 1. The lowest BCUT2D eigenvalue weighted by molar-refractivity contribution is 1.20. The maximum Gasteiger partial charge on any atom is 0.149 e. The summed E-state index contributed by atoms with van der Waals surface area (Å²) in [5.41, 5.74) is 5.89. The molecule has 0 amide bonds. The summed E-state index contributed by atoms with van der Waals surface area (Å²) in [6, 6.07) is 6.11. The number of aromatic nitrogens is 3. The normalized spacial score (nSPS) is 11.4. The molecule has 0 bridgehead atoms. The van der Waals surface area contributed by atoms with Crippen molar-refractivity contribution in [2.24, 2.45) is 0 Å². The Labute approximate surface area is 136 Å². The van der Waals surface area contributed by atoms with Crippen LogP contribution in [0.4, 0.5) is 0 Å². The minimum Gasteiger partial charge on any atom is -0.253 e. The topological polar surface area (TPSA) is 38.7 Å². The quantitative estimate of drug-likeness (QED) is 0.657. The van der Waals surface area contributed by atoms with Crippen LogP contribution in [0.1, 0.15) is 11.3 Å². The Kier molecular flexibility index (Phi) is 4.12. The van der Waals surface area contributed by atoms with Gasteiger partial charge in [-0.25, -0.2) is 9.97 Å². The average Bonchev–Trinajstić information content (AvgIpc) is 2.52. The Morgan fingerprint density at radius 1 is 1.00 bits per heavy atom. The summed E-state index contributed by atoms with van der Waals surface area (Å²) < 4.78 is 0. The molecule has 0 saturated heterocycles. The van der Waals surface area contributed by atoms with Crippen molar-refractivity contribution in [3.05, 3.63) is 46.9 Å². The zero-order chi connectivity index (χ0) is 15.9. The third kappa shape index (κ3) is 2.71. The highest BCUT2D eigenvalue weighted by Gasteiger charge is 2.10. The second-order valence-corrected chi connectivity index (χ2v) is 8.10. The van der Waals surface area contributed by atoms with Gasteiger partial charge in [-0.3, -0.25) is 4.98 Å². The molecule has 3 rings (SSSR count). The van der Waals surface area contributed by atoms with Crippen LogP contribution in [0.2, 0.25) is 5.02 Å². The first-order chi connectivity index (χ1) is 10.5. The monoisotopic (exact) mass is 329 g/mol. The Balaban J connectivity index is 2.12. The Morgan fingerprint density at radius 3 is 2.32 bits per heavy atom. The number of pyridine rings is 1. The van der Waals surface area contributed by atoms with Gasteiger partial charge in [-0.2, -0.15) is 0 Å². The summed E-state index contributed by atoms with van der Waals surface area (Å²) in [5.74, 6) is 0. The van der Waals surface area contributed by atoms with Gasteiger partial charge in [0.1, 0.15) is 5.57 Å². The zero-order valence-electron chi connectivity index (χ0n) is 13.1. The van der Waals surface area contributed by atoms with E-state index in [1.807, 2.05) is 38.4 Å². The van der Waals surface area contributed by atoms with Crippen LogP contribution in [0.5, 0.6) is 0 Å². The lowest BCUT2D eigenvalue weighted by Gasteiger charge is -2.09. The van der Waals surface area contributed by atoms with Crippen LogP contribution in [0.25, 0.3) is 22.0 Å². The zero-order valence-corrected chi connectivity index (χ0v) is 14.7. The molecule has 0 N–H and O–H groups in total. The predicted octanol–water partition coefficient (Wildman–Crippen LogP) is 4.33. The van der Waals surface area contributed by atoms with Gasteiger partial charge in [-0.1, -0.05) is 17.7 Å². The number of hydrogen-bond acceptors (Lipinski definition) is 3. The van der Waals surface area contributed by atoms with E-state index in [2.05, 4.69) is 34.3 Å². The molecule has 0 saturated carbocycles. The Bertz CT molecular complexity index is 845. The lowest BCUT2D eigenvalue weighted by atomic mass is 10.0. The van der Waals surface area contributed by atoms with E-state index in [1.54, 1.807) is 0 Å². The van der Waals surface area contributed by atoms with Crippen molar-refractivity contribution in [1.82, 2.24) is 15.0 Å². The second-order valence-electron chi connectivity index (χ2n) is 5.53. The van der Waals surface area contributed by atoms with E-state index in [0.29, 0.717) is 0 Å². The van der Waals surface area contributed by atoms with Crippen LogP contribution in [0.15, 0.2) is 30.6 Å². The van der Waals surface area contributed by atoms with Gasteiger partial charge in [-0.05, 0) is 58.4 Å². The number of hydrogen-bond donors (Lipinski definition) is 0. The first-order valence-electron chi connectivity index (χ1n) is 7.03. The maximum absolute atomic E-state index is 6.49. The molecule has 0 spiro atoms. The van der Waals surface area contributed by atoms with E-state index in [9.17, 15) is 0 Å². The van der Waals surface area contributed by atoms with Crippen LogP contribution in [0.3, 0.4) is 0 Å². The third-order valence-electron chi connectivity index (χ3n) is 3.76. The first kappa shape index (κ1) is 15.3. The van der Waals surface area contributed by atoms with Crippen molar-refractivity contribution < 1.29 is 0 Å². The van der Waals surface area contributed by atoms with Crippen LogP contribution < -0.4 is 5.57 Å². The number of aryl methyl sites for hydroxylation is 1. The highest BCUT2D eigenvalue weighted by Crippen LogP contribution is 2.31. The predicted molar refractivity (Wildman–Crippen MR) is 95.7 cm³/mol. The van der Waals surface area contributed by atoms with Crippen molar-refractivity contribution in [3.8, 4) is 11.1 Å².